The summed E-state index contributed by atoms with van der Waals surface area (Å²) in [5.74, 6) is -0.506. The maximum absolute atomic E-state index is 13.1. The average molecular weight is 411 g/mol. The first-order valence-electron chi connectivity index (χ1n) is 10.2. The summed E-state index contributed by atoms with van der Waals surface area (Å²) in [7, 11) is -3.97. The first-order valence-corrected chi connectivity index (χ1v) is 11.7. The molecule has 1 heterocycles. The lowest BCUT2D eigenvalue weighted by molar-refractivity contribution is -0.120. The molecule has 2 aliphatic rings. The Kier molecular flexibility index (Phi) is 5.72. The standard InChI is InChI=1S/C23H26N2O3S/c26-23-20-15-19(20)11-5-2-1-3-8-14-24-21-13-12-18(17-9-6-4-7-10-17)16-22(21)29(27,28)25-23/h4-7,9-13,16,19-20,24H,1-3,8,14-15H2,(H,25,26)/b11-5-/t19-,20+/m1/s1. The van der Waals surface area contributed by atoms with Gasteiger partial charge in [0, 0.05) is 12.5 Å². The smallest absolute Gasteiger partial charge is 0.266 e. The number of hydrogen-bond acceptors (Lipinski definition) is 4. The molecule has 1 fully saturated rings. The Hall–Kier alpha value is -2.60. The molecule has 2 aromatic carbocycles. The Morgan fingerprint density at radius 3 is 2.59 bits per heavy atom. The number of benzene rings is 2. The number of allylic oxidation sites excluding steroid dienone is 2. The predicted octanol–water partition coefficient (Wildman–Crippen LogP) is 4.34. The SMILES string of the molecule is O=C1NS(=O)(=O)c2cc(-c3ccccc3)ccc2NCCCCC/C=C\[C@@H]2C[C@H]12. The van der Waals surface area contributed by atoms with Crippen LogP contribution in [0, 0.1) is 11.8 Å². The van der Waals surface area contributed by atoms with E-state index in [4.69, 9.17) is 0 Å². The number of fused-ring (bicyclic) bond motifs is 2. The van der Waals surface area contributed by atoms with Gasteiger partial charge in [0.25, 0.3) is 10.0 Å². The van der Waals surface area contributed by atoms with Crippen LogP contribution in [0.5, 0.6) is 0 Å². The first kappa shape index (κ1) is 19.7. The molecule has 1 saturated carbocycles. The molecule has 2 aromatic rings. The summed E-state index contributed by atoms with van der Waals surface area (Å²) < 4.78 is 28.5. The van der Waals surface area contributed by atoms with Gasteiger partial charge in [0.2, 0.25) is 5.91 Å². The molecular weight excluding hydrogens is 384 g/mol. The van der Waals surface area contributed by atoms with Gasteiger partial charge in [-0.1, -0.05) is 55.0 Å². The molecule has 4 rings (SSSR count). The number of rotatable bonds is 1. The molecule has 1 aliphatic carbocycles. The van der Waals surface area contributed by atoms with Gasteiger partial charge in [0.15, 0.2) is 0 Å². The third-order valence-electron chi connectivity index (χ3n) is 5.54. The van der Waals surface area contributed by atoms with Crippen molar-refractivity contribution in [2.75, 3.05) is 11.9 Å². The van der Waals surface area contributed by atoms with Crippen molar-refractivity contribution in [3.05, 3.63) is 60.7 Å². The lowest BCUT2D eigenvalue weighted by Crippen LogP contribution is -2.32. The van der Waals surface area contributed by atoms with Crippen LogP contribution >= 0.6 is 0 Å². The van der Waals surface area contributed by atoms with Crippen molar-refractivity contribution in [2.24, 2.45) is 11.8 Å². The molecule has 1 aliphatic heterocycles. The average Bonchev–Trinajstić information content (AvgIpc) is 3.49. The molecule has 2 N–H and O–H groups in total. The van der Waals surface area contributed by atoms with Gasteiger partial charge in [-0.2, -0.15) is 0 Å². The normalized spacial score (nSPS) is 25.2. The molecule has 0 spiro atoms. The van der Waals surface area contributed by atoms with E-state index in [0.29, 0.717) is 18.7 Å². The van der Waals surface area contributed by atoms with Crippen molar-refractivity contribution in [2.45, 2.75) is 37.0 Å². The highest BCUT2D eigenvalue weighted by Crippen LogP contribution is 2.40. The van der Waals surface area contributed by atoms with E-state index in [1.165, 1.54) is 0 Å². The molecule has 29 heavy (non-hydrogen) atoms. The minimum Gasteiger partial charge on any atom is -0.384 e. The molecule has 1 amide bonds. The van der Waals surface area contributed by atoms with Gasteiger partial charge in [-0.15, -0.1) is 0 Å². The van der Waals surface area contributed by atoms with Gasteiger partial charge in [-0.05, 0) is 54.9 Å². The Morgan fingerprint density at radius 1 is 0.931 bits per heavy atom. The zero-order valence-electron chi connectivity index (χ0n) is 16.3. The van der Waals surface area contributed by atoms with E-state index in [1.807, 2.05) is 36.4 Å². The summed E-state index contributed by atoms with van der Waals surface area (Å²) in [4.78, 5) is 12.6. The largest absolute Gasteiger partial charge is 0.384 e. The van der Waals surface area contributed by atoms with Crippen molar-refractivity contribution in [3.63, 3.8) is 0 Å². The van der Waals surface area contributed by atoms with Crippen LogP contribution < -0.4 is 10.0 Å². The van der Waals surface area contributed by atoms with Crippen LogP contribution in [0.3, 0.4) is 0 Å². The van der Waals surface area contributed by atoms with Gasteiger partial charge < -0.3 is 5.32 Å². The summed E-state index contributed by atoms with van der Waals surface area (Å²) in [5.41, 5.74) is 2.26. The Balaban J connectivity index is 1.68. The first-order chi connectivity index (χ1) is 14.0. The lowest BCUT2D eigenvalue weighted by Gasteiger charge is -2.15. The van der Waals surface area contributed by atoms with Gasteiger partial charge in [-0.3, -0.25) is 4.79 Å². The molecule has 0 saturated heterocycles. The van der Waals surface area contributed by atoms with E-state index in [1.54, 1.807) is 12.1 Å². The highest BCUT2D eigenvalue weighted by molar-refractivity contribution is 7.90. The maximum atomic E-state index is 13.1. The lowest BCUT2D eigenvalue weighted by atomic mass is 10.1. The van der Waals surface area contributed by atoms with E-state index in [9.17, 15) is 13.2 Å². The van der Waals surface area contributed by atoms with E-state index in [0.717, 1.165) is 36.8 Å². The van der Waals surface area contributed by atoms with E-state index >= 15 is 0 Å². The van der Waals surface area contributed by atoms with Gasteiger partial charge in [-0.25, -0.2) is 13.1 Å². The maximum Gasteiger partial charge on any atom is 0.266 e. The fourth-order valence-electron chi connectivity index (χ4n) is 3.75. The van der Waals surface area contributed by atoms with E-state index in [-0.39, 0.29) is 16.7 Å². The second-order valence-electron chi connectivity index (χ2n) is 7.76. The predicted molar refractivity (Wildman–Crippen MR) is 115 cm³/mol. The Morgan fingerprint density at radius 2 is 1.76 bits per heavy atom. The zero-order chi connectivity index (χ0) is 20.3. The monoisotopic (exact) mass is 410 g/mol. The van der Waals surface area contributed by atoms with Crippen molar-refractivity contribution >= 4 is 21.6 Å². The number of amides is 1. The fraction of sp³-hybridized carbons (Fsp3) is 0.348. The summed E-state index contributed by atoms with van der Waals surface area (Å²) in [6.45, 7) is 0.691. The zero-order valence-corrected chi connectivity index (χ0v) is 17.1. The molecule has 0 unspecified atom stereocenters. The summed E-state index contributed by atoms with van der Waals surface area (Å²) >= 11 is 0. The van der Waals surface area contributed by atoms with Crippen molar-refractivity contribution in [3.8, 4) is 11.1 Å². The Bertz CT molecular complexity index is 1020. The van der Waals surface area contributed by atoms with Crippen molar-refractivity contribution in [1.29, 1.82) is 0 Å². The van der Waals surface area contributed by atoms with Crippen LogP contribution in [0.2, 0.25) is 0 Å². The topological polar surface area (TPSA) is 75.3 Å². The number of nitrogens with one attached hydrogen (secondary N) is 2. The summed E-state index contributed by atoms with van der Waals surface area (Å²) in [5, 5.41) is 3.26. The van der Waals surface area contributed by atoms with Gasteiger partial charge in [0.05, 0.1) is 5.69 Å². The van der Waals surface area contributed by atoms with E-state index in [2.05, 4.69) is 22.2 Å². The number of carbonyl (C=O) groups is 1. The highest BCUT2D eigenvalue weighted by atomic mass is 32.2. The van der Waals surface area contributed by atoms with Crippen LogP contribution in [0.1, 0.15) is 32.1 Å². The fourth-order valence-corrected chi connectivity index (χ4v) is 4.99. The molecule has 0 bridgehead atoms. The summed E-state index contributed by atoms with van der Waals surface area (Å²) in [6, 6.07) is 15.0. The quantitative estimate of drug-likeness (QED) is 0.686. The molecule has 6 heteroatoms. The van der Waals surface area contributed by atoms with Crippen LogP contribution in [0.4, 0.5) is 5.69 Å². The minimum absolute atomic E-state index is 0.120. The van der Waals surface area contributed by atoms with Crippen LogP contribution in [0.25, 0.3) is 11.1 Å². The van der Waals surface area contributed by atoms with E-state index < -0.39 is 15.9 Å². The highest BCUT2D eigenvalue weighted by Gasteiger charge is 2.42. The Labute approximate surface area is 172 Å². The van der Waals surface area contributed by atoms with Crippen LogP contribution in [0.15, 0.2) is 65.6 Å². The molecule has 5 nitrogen and oxygen atoms in total. The second-order valence-corrected chi connectivity index (χ2v) is 9.41. The third-order valence-corrected chi connectivity index (χ3v) is 6.92. The van der Waals surface area contributed by atoms with Gasteiger partial charge in [0.1, 0.15) is 4.90 Å². The summed E-state index contributed by atoms with van der Waals surface area (Å²) in [6.07, 6.45) is 9.04. The molecule has 152 valence electrons. The third kappa shape index (κ3) is 4.70. The molecule has 0 aromatic heterocycles. The molecular formula is C23H26N2O3S. The van der Waals surface area contributed by atoms with Crippen LogP contribution in [-0.2, 0) is 14.8 Å². The van der Waals surface area contributed by atoms with Crippen LogP contribution in [-0.4, -0.2) is 20.9 Å². The second kappa shape index (κ2) is 8.41. The molecule has 0 radical (unpaired) electrons. The number of anilines is 1. The minimum atomic E-state index is -3.97. The van der Waals surface area contributed by atoms with Crippen molar-refractivity contribution in [1.82, 2.24) is 4.72 Å². The number of carbonyl (C=O) groups excluding carboxylic acids is 1. The number of sulfonamides is 1. The number of hydrogen-bond donors (Lipinski definition) is 2. The van der Waals surface area contributed by atoms with Crippen molar-refractivity contribution < 1.29 is 13.2 Å². The van der Waals surface area contributed by atoms with Gasteiger partial charge >= 0.3 is 0 Å². The molecule has 2 atom stereocenters.